The number of rotatable bonds is 5. The van der Waals surface area contributed by atoms with Crippen molar-refractivity contribution in [3.05, 3.63) is 35.4 Å². The lowest BCUT2D eigenvalue weighted by molar-refractivity contribution is -0.137. The van der Waals surface area contributed by atoms with Crippen LogP contribution in [0.1, 0.15) is 31.4 Å². The van der Waals surface area contributed by atoms with Gasteiger partial charge in [0.25, 0.3) is 0 Å². The Balaban J connectivity index is 1.83. The van der Waals surface area contributed by atoms with Crippen molar-refractivity contribution in [1.29, 1.82) is 0 Å². The molecule has 0 aliphatic carbocycles. The van der Waals surface area contributed by atoms with Crippen LogP contribution in [0.5, 0.6) is 0 Å². The van der Waals surface area contributed by atoms with Crippen LogP contribution in [-0.4, -0.2) is 30.6 Å². The number of alkyl halides is 3. The standard InChI is InChI=1S/C16H23F3N2/c1-12(2)20-9-14-7-8-21(11-14)10-13-3-5-15(6-4-13)16(17,18)19/h3-6,12,14,20H,7-11H2,1-2H3. The van der Waals surface area contributed by atoms with Crippen LogP contribution in [0.3, 0.4) is 0 Å². The fraction of sp³-hybridized carbons (Fsp3) is 0.625. The molecular formula is C16H23F3N2. The van der Waals surface area contributed by atoms with Crippen molar-refractivity contribution in [2.75, 3.05) is 19.6 Å². The molecule has 1 atom stereocenters. The molecule has 0 bridgehead atoms. The van der Waals surface area contributed by atoms with Crippen molar-refractivity contribution in [3.63, 3.8) is 0 Å². The molecule has 1 N–H and O–H groups in total. The van der Waals surface area contributed by atoms with Gasteiger partial charge in [0.2, 0.25) is 0 Å². The molecule has 5 heteroatoms. The van der Waals surface area contributed by atoms with Crippen molar-refractivity contribution < 1.29 is 13.2 Å². The maximum absolute atomic E-state index is 12.5. The smallest absolute Gasteiger partial charge is 0.314 e. The Morgan fingerprint density at radius 3 is 2.48 bits per heavy atom. The summed E-state index contributed by atoms with van der Waals surface area (Å²) in [6, 6.07) is 6.01. The predicted molar refractivity (Wildman–Crippen MR) is 78.0 cm³/mol. The quantitative estimate of drug-likeness (QED) is 0.895. The van der Waals surface area contributed by atoms with E-state index in [2.05, 4.69) is 24.1 Å². The van der Waals surface area contributed by atoms with E-state index >= 15 is 0 Å². The van der Waals surface area contributed by atoms with E-state index in [1.54, 1.807) is 12.1 Å². The Hall–Kier alpha value is -1.07. The highest BCUT2D eigenvalue weighted by Gasteiger charge is 2.30. The summed E-state index contributed by atoms with van der Waals surface area (Å²) in [7, 11) is 0. The maximum Gasteiger partial charge on any atom is 0.416 e. The van der Waals surface area contributed by atoms with Gasteiger partial charge in [-0.3, -0.25) is 4.90 Å². The van der Waals surface area contributed by atoms with Crippen molar-refractivity contribution >= 4 is 0 Å². The summed E-state index contributed by atoms with van der Waals surface area (Å²) in [5.41, 5.74) is 0.368. The van der Waals surface area contributed by atoms with Crippen molar-refractivity contribution in [3.8, 4) is 0 Å². The van der Waals surface area contributed by atoms with Crippen molar-refractivity contribution in [1.82, 2.24) is 10.2 Å². The second-order valence-corrected chi connectivity index (χ2v) is 6.15. The summed E-state index contributed by atoms with van der Waals surface area (Å²) >= 11 is 0. The van der Waals surface area contributed by atoms with E-state index in [0.717, 1.165) is 38.2 Å². The van der Waals surface area contributed by atoms with Crippen molar-refractivity contribution in [2.45, 2.75) is 39.0 Å². The lowest BCUT2D eigenvalue weighted by Gasteiger charge is -2.17. The van der Waals surface area contributed by atoms with E-state index in [1.807, 2.05) is 0 Å². The van der Waals surface area contributed by atoms with Crippen LogP contribution in [0.4, 0.5) is 13.2 Å². The fourth-order valence-electron chi connectivity index (χ4n) is 2.68. The summed E-state index contributed by atoms with van der Waals surface area (Å²) < 4.78 is 37.5. The van der Waals surface area contributed by atoms with E-state index in [1.165, 1.54) is 12.1 Å². The van der Waals surface area contributed by atoms with Gasteiger partial charge in [-0.05, 0) is 43.1 Å². The fourth-order valence-corrected chi connectivity index (χ4v) is 2.68. The van der Waals surface area contributed by atoms with Gasteiger partial charge in [0.05, 0.1) is 5.56 Å². The van der Waals surface area contributed by atoms with Gasteiger partial charge in [-0.1, -0.05) is 26.0 Å². The first kappa shape index (κ1) is 16.3. The van der Waals surface area contributed by atoms with Gasteiger partial charge in [-0.2, -0.15) is 13.2 Å². The molecular weight excluding hydrogens is 277 g/mol. The van der Waals surface area contributed by atoms with E-state index in [-0.39, 0.29) is 0 Å². The molecule has 0 aromatic heterocycles. The molecule has 1 fully saturated rings. The SMILES string of the molecule is CC(C)NCC1CCN(Cc2ccc(C(F)(F)F)cc2)C1. The third-order valence-corrected chi connectivity index (χ3v) is 3.87. The Kier molecular flexibility index (Phi) is 5.27. The zero-order valence-corrected chi connectivity index (χ0v) is 12.6. The minimum absolute atomic E-state index is 0.494. The number of nitrogens with one attached hydrogen (secondary N) is 1. The highest BCUT2D eigenvalue weighted by atomic mass is 19.4. The van der Waals surface area contributed by atoms with Crippen LogP contribution in [-0.2, 0) is 12.7 Å². The molecule has 1 aromatic rings. The monoisotopic (exact) mass is 300 g/mol. The molecule has 0 radical (unpaired) electrons. The molecule has 0 saturated carbocycles. The second-order valence-electron chi connectivity index (χ2n) is 6.15. The van der Waals surface area contributed by atoms with Crippen LogP contribution in [0.2, 0.25) is 0 Å². The summed E-state index contributed by atoms with van der Waals surface area (Å²) in [5, 5.41) is 3.44. The normalized spacial score (nSPS) is 20.4. The van der Waals surface area contributed by atoms with Gasteiger partial charge in [0, 0.05) is 19.1 Å². The number of hydrogen-bond donors (Lipinski definition) is 1. The Bertz CT molecular complexity index is 440. The minimum Gasteiger partial charge on any atom is -0.314 e. The molecule has 1 unspecified atom stereocenters. The molecule has 1 aliphatic rings. The van der Waals surface area contributed by atoms with E-state index < -0.39 is 11.7 Å². The van der Waals surface area contributed by atoms with E-state index in [4.69, 9.17) is 0 Å². The van der Waals surface area contributed by atoms with Gasteiger partial charge < -0.3 is 5.32 Å². The minimum atomic E-state index is -4.25. The number of likely N-dealkylation sites (tertiary alicyclic amines) is 1. The zero-order valence-electron chi connectivity index (χ0n) is 12.6. The molecule has 1 saturated heterocycles. The maximum atomic E-state index is 12.5. The molecule has 2 nitrogen and oxygen atoms in total. The Morgan fingerprint density at radius 1 is 1.24 bits per heavy atom. The average molecular weight is 300 g/mol. The first-order valence-electron chi connectivity index (χ1n) is 7.46. The number of benzene rings is 1. The third-order valence-electron chi connectivity index (χ3n) is 3.87. The highest BCUT2D eigenvalue weighted by molar-refractivity contribution is 5.24. The van der Waals surface area contributed by atoms with E-state index in [9.17, 15) is 13.2 Å². The van der Waals surface area contributed by atoms with Crippen LogP contribution >= 0.6 is 0 Å². The predicted octanol–water partition coefficient (Wildman–Crippen LogP) is 3.53. The lowest BCUT2D eigenvalue weighted by Crippen LogP contribution is -2.30. The number of halogens is 3. The van der Waals surface area contributed by atoms with Crippen molar-refractivity contribution in [2.24, 2.45) is 5.92 Å². The average Bonchev–Trinajstić information content (AvgIpc) is 2.83. The molecule has 2 rings (SSSR count). The van der Waals surface area contributed by atoms with Gasteiger partial charge >= 0.3 is 6.18 Å². The second kappa shape index (κ2) is 6.79. The van der Waals surface area contributed by atoms with Crippen LogP contribution < -0.4 is 5.32 Å². The molecule has 1 heterocycles. The molecule has 21 heavy (non-hydrogen) atoms. The molecule has 1 aliphatic heterocycles. The summed E-state index contributed by atoms with van der Waals surface area (Å²) in [5.74, 6) is 0.641. The first-order valence-corrected chi connectivity index (χ1v) is 7.46. The summed E-state index contributed by atoms with van der Waals surface area (Å²) in [4.78, 5) is 2.31. The van der Waals surface area contributed by atoms with Crippen LogP contribution in [0.15, 0.2) is 24.3 Å². The lowest BCUT2D eigenvalue weighted by atomic mass is 10.1. The first-order chi connectivity index (χ1) is 9.84. The Labute approximate surface area is 124 Å². The number of hydrogen-bond acceptors (Lipinski definition) is 2. The Morgan fingerprint density at radius 2 is 1.90 bits per heavy atom. The third kappa shape index (κ3) is 5.00. The van der Waals surface area contributed by atoms with Gasteiger partial charge in [-0.15, -0.1) is 0 Å². The highest BCUT2D eigenvalue weighted by Crippen LogP contribution is 2.29. The summed E-state index contributed by atoms with van der Waals surface area (Å²) in [6.07, 6.45) is -3.10. The number of nitrogens with zero attached hydrogens (tertiary/aromatic N) is 1. The molecule has 0 amide bonds. The molecule has 0 spiro atoms. The summed E-state index contributed by atoms with van der Waals surface area (Å²) in [6.45, 7) is 8.05. The largest absolute Gasteiger partial charge is 0.416 e. The van der Waals surface area contributed by atoms with E-state index in [0.29, 0.717) is 12.0 Å². The van der Waals surface area contributed by atoms with Gasteiger partial charge in [-0.25, -0.2) is 0 Å². The zero-order chi connectivity index (χ0) is 15.5. The molecule has 1 aromatic carbocycles. The van der Waals surface area contributed by atoms with Gasteiger partial charge in [0.15, 0.2) is 0 Å². The van der Waals surface area contributed by atoms with Crippen LogP contribution in [0, 0.1) is 5.92 Å². The molecule has 118 valence electrons. The topological polar surface area (TPSA) is 15.3 Å². The van der Waals surface area contributed by atoms with Crippen LogP contribution in [0.25, 0.3) is 0 Å². The van der Waals surface area contributed by atoms with Gasteiger partial charge in [0.1, 0.15) is 0 Å².